The van der Waals surface area contributed by atoms with Crippen molar-refractivity contribution in [2.45, 2.75) is 13.2 Å². The van der Waals surface area contributed by atoms with Crippen LogP contribution < -0.4 is 19.6 Å². The highest BCUT2D eigenvalue weighted by Gasteiger charge is 2.14. The fraction of sp³-hybridized carbons (Fsp3) is 0.167. The molecule has 0 spiro atoms. The summed E-state index contributed by atoms with van der Waals surface area (Å²) in [6.07, 6.45) is 0. The number of nitrogens with zero attached hydrogens (tertiary/aromatic N) is 2. The van der Waals surface area contributed by atoms with Crippen LogP contribution >= 0.6 is 23.8 Å². The minimum Gasteiger partial charge on any atom is -0.496 e. The summed E-state index contributed by atoms with van der Waals surface area (Å²) in [7, 11) is 3.17. The van der Waals surface area contributed by atoms with E-state index in [0.29, 0.717) is 45.0 Å². The van der Waals surface area contributed by atoms with E-state index in [9.17, 15) is 4.39 Å². The van der Waals surface area contributed by atoms with Gasteiger partial charge in [-0.3, -0.25) is 0 Å². The van der Waals surface area contributed by atoms with E-state index in [1.54, 1.807) is 25.0 Å². The van der Waals surface area contributed by atoms with E-state index in [4.69, 9.17) is 38.0 Å². The number of methoxy groups -OCH3 is 2. The number of hydrogen-bond donors (Lipinski definition) is 2. The Bertz CT molecular complexity index is 1360. The highest BCUT2D eigenvalue weighted by molar-refractivity contribution is 7.71. The first-order chi connectivity index (χ1) is 16.5. The van der Waals surface area contributed by atoms with E-state index in [-0.39, 0.29) is 6.61 Å². The van der Waals surface area contributed by atoms with Crippen LogP contribution in [-0.2, 0) is 13.2 Å². The molecule has 0 saturated heterocycles. The fourth-order valence-corrected chi connectivity index (χ4v) is 3.78. The van der Waals surface area contributed by atoms with Crippen LogP contribution in [0.2, 0.25) is 5.02 Å². The van der Waals surface area contributed by atoms with Gasteiger partial charge in [0.25, 0.3) is 0 Å². The molecule has 0 aliphatic rings. The third kappa shape index (κ3) is 5.16. The number of aromatic amines is 1. The molecule has 1 aromatic heterocycles. The number of H-pyrrole nitrogens is 1. The van der Waals surface area contributed by atoms with Gasteiger partial charge < -0.3 is 19.6 Å². The number of rotatable bonds is 9. The predicted molar refractivity (Wildman–Crippen MR) is 131 cm³/mol. The lowest BCUT2D eigenvalue weighted by atomic mass is 10.2. The van der Waals surface area contributed by atoms with Crippen LogP contribution in [0.4, 0.5) is 4.39 Å². The Morgan fingerprint density at radius 3 is 2.59 bits per heavy atom. The number of para-hydroxylation sites is 1. The van der Waals surface area contributed by atoms with Gasteiger partial charge in [0.05, 0.1) is 31.4 Å². The number of hydrogen-bond acceptors (Lipinski definition) is 6. The minimum atomic E-state index is -0.394. The molecule has 34 heavy (non-hydrogen) atoms. The molecule has 176 valence electrons. The van der Waals surface area contributed by atoms with Gasteiger partial charge in [0.15, 0.2) is 17.3 Å². The third-order valence-electron chi connectivity index (χ3n) is 5.09. The molecule has 10 heteroatoms. The summed E-state index contributed by atoms with van der Waals surface area (Å²) in [5.74, 6) is 1.99. The summed E-state index contributed by atoms with van der Waals surface area (Å²) in [5, 5.41) is 7.47. The van der Waals surface area contributed by atoms with Gasteiger partial charge in [0, 0.05) is 5.56 Å². The molecular weight excluding hydrogens is 479 g/mol. The molecule has 0 unspecified atom stereocenters. The Hall–Kier alpha value is -3.56. The smallest absolute Gasteiger partial charge is 0.214 e. The molecule has 2 N–H and O–H groups in total. The zero-order chi connectivity index (χ0) is 24.1. The van der Waals surface area contributed by atoms with Gasteiger partial charge in [0.1, 0.15) is 18.2 Å². The van der Waals surface area contributed by atoms with Gasteiger partial charge in [-0.2, -0.15) is 5.10 Å². The summed E-state index contributed by atoms with van der Waals surface area (Å²) in [5.41, 5.74) is 5.68. The molecule has 0 radical (unpaired) electrons. The van der Waals surface area contributed by atoms with E-state index < -0.39 is 5.82 Å². The Morgan fingerprint density at radius 2 is 1.82 bits per heavy atom. The van der Waals surface area contributed by atoms with Crippen LogP contribution in [-0.4, -0.2) is 29.1 Å². The van der Waals surface area contributed by atoms with E-state index >= 15 is 0 Å². The molecule has 0 aliphatic heterocycles. The highest BCUT2D eigenvalue weighted by Crippen LogP contribution is 2.31. The Morgan fingerprint density at radius 1 is 1.03 bits per heavy atom. The number of benzene rings is 3. The molecule has 0 amide bonds. The molecular formula is C24H22ClFN4O3S. The average Bonchev–Trinajstić information content (AvgIpc) is 3.22. The molecule has 0 fully saturated rings. The summed E-state index contributed by atoms with van der Waals surface area (Å²) in [4.78, 5) is 0. The number of ether oxygens (including phenoxy) is 3. The zero-order valence-corrected chi connectivity index (χ0v) is 20.0. The van der Waals surface area contributed by atoms with Crippen molar-refractivity contribution in [1.82, 2.24) is 14.9 Å². The second-order valence-electron chi connectivity index (χ2n) is 7.23. The van der Waals surface area contributed by atoms with Crippen molar-refractivity contribution in [3.8, 4) is 28.6 Å². The lowest BCUT2D eigenvalue weighted by Gasteiger charge is -2.15. The predicted octanol–water partition coefficient (Wildman–Crippen LogP) is 5.74. The first-order valence-electron chi connectivity index (χ1n) is 10.3. The van der Waals surface area contributed by atoms with Crippen LogP contribution in [0.3, 0.4) is 0 Å². The number of aromatic nitrogens is 3. The fourth-order valence-electron chi connectivity index (χ4n) is 3.36. The van der Waals surface area contributed by atoms with Crippen molar-refractivity contribution in [2.75, 3.05) is 19.6 Å². The van der Waals surface area contributed by atoms with Gasteiger partial charge in [0.2, 0.25) is 4.77 Å². The van der Waals surface area contributed by atoms with Crippen molar-refractivity contribution in [2.24, 2.45) is 0 Å². The monoisotopic (exact) mass is 500 g/mol. The molecule has 3 aromatic carbocycles. The summed E-state index contributed by atoms with van der Waals surface area (Å²) in [6, 6.07) is 17.3. The molecule has 4 aromatic rings. The van der Waals surface area contributed by atoms with Crippen LogP contribution in [0, 0.1) is 10.6 Å². The third-order valence-corrected chi connectivity index (χ3v) is 5.71. The first-order valence-corrected chi connectivity index (χ1v) is 11.1. The van der Waals surface area contributed by atoms with Crippen LogP contribution in [0.1, 0.15) is 11.1 Å². The second kappa shape index (κ2) is 10.6. The Balaban J connectivity index is 1.49. The van der Waals surface area contributed by atoms with Crippen molar-refractivity contribution >= 4 is 23.8 Å². The Labute approximate surface area is 206 Å². The lowest BCUT2D eigenvalue weighted by molar-refractivity contribution is 0.284. The van der Waals surface area contributed by atoms with E-state index in [2.05, 4.69) is 15.6 Å². The number of nitrogens with one attached hydrogen (secondary N) is 2. The lowest BCUT2D eigenvalue weighted by Crippen LogP contribution is -2.16. The molecule has 0 aliphatic carbocycles. The minimum absolute atomic E-state index is 0.180. The number of halogens is 2. The van der Waals surface area contributed by atoms with Gasteiger partial charge >= 0.3 is 0 Å². The topological polar surface area (TPSA) is 73.3 Å². The van der Waals surface area contributed by atoms with Crippen LogP contribution in [0.25, 0.3) is 11.4 Å². The van der Waals surface area contributed by atoms with Gasteiger partial charge in [-0.05, 0) is 54.2 Å². The molecule has 7 nitrogen and oxygen atoms in total. The maximum absolute atomic E-state index is 13.3. The SMILES string of the molecule is COc1cc(CNn2c(-c3ccccc3OC)n[nH]c2=S)ccc1OCc1ccc(F)cc1Cl. The normalized spacial score (nSPS) is 10.7. The van der Waals surface area contributed by atoms with Gasteiger partial charge in [-0.25, -0.2) is 14.2 Å². The van der Waals surface area contributed by atoms with Crippen molar-refractivity contribution in [3.63, 3.8) is 0 Å². The zero-order valence-electron chi connectivity index (χ0n) is 18.5. The average molecular weight is 501 g/mol. The molecule has 0 saturated carbocycles. The van der Waals surface area contributed by atoms with Crippen LogP contribution in [0.15, 0.2) is 60.7 Å². The van der Waals surface area contributed by atoms with Crippen molar-refractivity contribution in [1.29, 1.82) is 0 Å². The maximum atomic E-state index is 13.3. The van der Waals surface area contributed by atoms with Gasteiger partial charge in [-0.15, -0.1) is 0 Å². The first kappa shape index (κ1) is 23.6. The van der Waals surface area contributed by atoms with E-state index in [0.717, 1.165) is 11.1 Å². The summed E-state index contributed by atoms with van der Waals surface area (Å²) in [6.45, 7) is 0.621. The molecule has 0 bridgehead atoms. The largest absolute Gasteiger partial charge is 0.496 e. The van der Waals surface area contributed by atoms with Crippen molar-refractivity contribution < 1.29 is 18.6 Å². The maximum Gasteiger partial charge on any atom is 0.214 e. The second-order valence-corrected chi connectivity index (χ2v) is 8.03. The Kier molecular flexibility index (Phi) is 7.34. The summed E-state index contributed by atoms with van der Waals surface area (Å²) >= 11 is 11.5. The molecule has 1 heterocycles. The van der Waals surface area contributed by atoms with E-state index in [1.165, 1.54) is 12.1 Å². The molecule has 0 atom stereocenters. The summed E-state index contributed by atoms with van der Waals surface area (Å²) < 4.78 is 32.2. The van der Waals surface area contributed by atoms with Gasteiger partial charge in [-0.1, -0.05) is 35.9 Å². The standard InChI is InChI=1S/C24H22ClFN4O3S/c1-31-20-6-4-3-5-18(20)23-28-29-24(34)30(23)27-13-15-7-10-21(22(11-15)32-2)33-14-16-8-9-17(26)12-19(16)25/h3-12,27H,13-14H2,1-2H3,(H,29,34). The molecule has 4 rings (SSSR count). The van der Waals surface area contributed by atoms with Crippen molar-refractivity contribution in [3.05, 3.63) is 87.4 Å². The van der Waals surface area contributed by atoms with Crippen LogP contribution in [0.5, 0.6) is 17.2 Å². The quantitative estimate of drug-likeness (QED) is 0.285. The van der Waals surface area contributed by atoms with E-state index in [1.807, 2.05) is 42.5 Å². The highest BCUT2D eigenvalue weighted by atomic mass is 35.5.